The van der Waals surface area contributed by atoms with E-state index in [-0.39, 0.29) is 0 Å². The summed E-state index contributed by atoms with van der Waals surface area (Å²) in [6.07, 6.45) is 2.39. The summed E-state index contributed by atoms with van der Waals surface area (Å²) >= 11 is 0. The summed E-state index contributed by atoms with van der Waals surface area (Å²) in [5.41, 5.74) is 0.892. The molecule has 1 rings (SSSR count). The zero-order valence-corrected chi connectivity index (χ0v) is 12.2. The fourth-order valence-electron chi connectivity index (χ4n) is 1.78. The first kappa shape index (κ1) is 15.2. The maximum absolute atomic E-state index is 12.3. The Morgan fingerprint density at radius 2 is 2.06 bits per heavy atom. The second kappa shape index (κ2) is 6.92. The summed E-state index contributed by atoms with van der Waals surface area (Å²) in [7, 11) is -3.34. The van der Waals surface area contributed by atoms with Crippen molar-refractivity contribution in [3.63, 3.8) is 0 Å². The maximum Gasteiger partial charge on any atom is 0.244 e. The maximum atomic E-state index is 12.3. The molecule has 2 N–H and O–H groups in total. The van der Waals surface area contributed by atoms with Crippen LogP contribution in [-0.4, -0.2) is 37.3 Å². The highest BCUT2D eigenvalue weighted by molar-refractivity contribution is 7.89. The second-order valence-corrected chi connectivity index (χ2v) is 6.08. The lowest BCUT2D eigenvalue weighted by molar-refractivity contribution is 0.427. The molecule has 0 saturated carbocycles. The van der Waals surface area contributed by atoms with E-state index in [0.717, 1.165) is 18.7 Å². The molecule has 0 unspecified atom stereocenters. The molecule has 1 aromatic heterocycles. The molecule has 0 amide bonds. The van der Waals surface area contributed by atoms with Gasteiger partial charge in [-0.1, -0.05) is 20.8 Å². The van der Waals surface area contributed by atoms with Gasteiger partial charge in [0.25, 0.3) is 0 Å². The van der Waals surface area contributed by atoms with E-state index in [1.165, 1.54) is 4.31 Å². The highest BCUT2D eigenvalue weighted by Crippen LogP contribution is 2.16. The van der Waals surface area contributed by atoms with Crippen LogP contribution in [0.5, 0.6) is 0 Å². The minimum atomic E-state index is -3.34. The van der Waals surface area contributed by atoms with Crippen LogP contribution >= 0.6 is 0 Å². The number of aromatic amines is 1. The predicted octanol–water partition coefficient (Wildman–Crippen LogP) is 1.54. The van der Waals surface area contributed by atoms with Crippen molar-refractivity contribution in [2.45, 2.75) is 38.6 Å². The highest BCUT2D eigenvalue weighted by atomic mass is 32.2. The molecular weight excluding hydrogens is 250 g/mol. The van der Waals surface area contributed by atoms with Gasteiger partial charge in [0.1, 0.15) is 0 Å². The van der Waals surface area contributed by atoms with Gasteiger partial charge in [0.05, 0.1) is 4.90 Å². The van der Waals surface area contributed by atoms with Gasteiger partial charge < -0.3 is 10.3 Å². The van der Waals surface area contributed by atoms with Crippen LogP contribution in [0.15, 0.2) is 17.2 Å². The first-order valence-electron chi connectivity index (χ1n) is 6.44. The average molecular weight is 273 g/mol. The van der Waals surface area contributed by atoms with Crippen molar-refractivity contribution in [1.29, 1.82) is 0 Å². The van der Waals surface area contributed by atoms with Crippen molar-refractivity contribution in [3.8, 4) is 0 Å². The van der Waals surface area contributed by atoms with Gasteiger partial charge >= 0.3 is 0 Å². The van der Waals surface area contributed by atoms with E-state index in [1.807, 2.05) is 20.8 Å². The Morgan fingerprint density at radius 1 is 1.33 bits per heavy atom. The number of hydrogen-bond donors (Lipinski definition) is 2. The van der Waals surface area contributed by atoms with Crippen LogP contribution in [-0.2, 0) is 16.6 Å². The van der Waals surface area contributed by atoms with Gasteiger partial charge in [0, 0.05) is 31.5 Å². The second-order valence-electron chi connectivity index (χ2n) is 4.14. The quantitative estimate of drug-likeness (QED) is 0.755. The molecule has 1 heterocycles. The van der Waals surface area contributed by atoms with E-state index in [0.29, 0.717) is 24.5 Å². The molecule has 18 heavy (non-hydrogen) atoms. The van der Waals surface area contributed by atoms with Crippen molar-refractivity contribution >= 4 is 10.0 Å². The lowest BCUT2D eigenvalue weighted by Gasteiger charge is -2.18. The smallest absolute Gasteiger partial charge is 0.244 e. The van der Waals surface area contributed by atoms with Crippen molar-refractivity contribution in [2.75, 3.05) is 19.6 Å². The summed E-state index contributed by atoms with van der Waals surface area (Å²) < 4.78 is 26.2. The van der Waals surface area contributed by atoms with Gasteiger partial charge in [-0.15, -0.1) is 0 Å². The normalized spacial score (nSPS) is 12.2. The Bertz CT molecular complexity index is 454. The minimum absolute atomic E-state index is 0.353. The Morgan fingerprint density at radius 3 is 2.61 bits per heavy atom. The number of hydrogen-bond acceptors (Lipinski definition) is 3. The largest absolute Gasteiger partial charge is 0.363 e. The molecule has 1 aromatic rings. The summed E-state index contributed by atoms with van der Waals surface area (Å²) in [6.45, 7) is 8.44. The zero-order chi connectivity index (χ0) is 13.6. The predicted molar refractivity (Wildman–Crippen MR) is 72.9 cm³/mol. The molecule has 6 heteroatoms. The lowest BCUT2D eigenvalue weighted by Crippen LogP contribution is -2.31. The van der Waals surface area contributed by atoms with Gasteiger partial charge in [-0.3, -0.25) is 0 Å². The Hall–Kier alpha value is -0.850. The Balaban J connectivity index is 2.87. The van der Waals surface area contributed by atoms with E-state index in [2.05, 4.69) is 10.3 Å². The third kappa shape index (κ3) is 3.57. The fourth-order valence-corrected chi connectivity index (χ4v) is 3.34. The molecule has 0 radical (unpaired) electrons. The molecule has 0 aromatic carbocycles. The van der Waals surface area contributed by atoms with Crippen LogP contribution in [0, 0.1) is 0 Å². The standard InChI is InChI=1S/C12H23N3O2S/c1-4-7-15(6-3)18(16,17)12-8-11(14-10-12)9-13-5-2/h8,10,13-14H,4-7,9H2,1-3H3. The van der Waals surface area contributed by atoms with Gasteiger partial charge in [0.15, 0.2) is 0 Å². The lowest BCUT2D eigenvalue weighted by atomic mass is 10.4. The van der Waals surface area contributed by atoms with E-state index in [9.17, 15) is 8.42 Å². The van der Waals surface area contributed by atoms with Crippen LogP contribution < -0.4 is 5.32 Å². The van der Waals surface area contributed by atoms with Crippen molar-refractivity contribution < 1.29 is 8.42 Å². The van der Waals surface area contributed by atoms with Crippen LogP contribution in [0.1, 0.15) is 32.9 Å². The molecular formula is C12H23N3O2S. The van der Waals surface area contributed by atoms with Crippen molar-refractivity contribution in [1.82, 2.24) is 14.6 Å². The van der Waals surface area contributed by atoms with E-state index in [4.69, 9.17) is 0 Å². The molecule has 0 atom stereocenters. The topological polar surface area (TPSA) is 65.2 Å². The van der Waals surface area contributed by atoms with Gasteiger partial charge in [-0.2, -0.15) is 4.31 Å². The third-order valence-corrected chi connectivity index (χ3v) is 4.70. The average Bonchev–Trinajstić information content (AvgIpc) is 2.82. The Kier molecular flexibility index (Phi) is 5.84. The first-order chi connectivity index (χ1) is 8.56. The van der Waals surface area contributed by atoms with Crippen LogP contribution in [0.4, 0.5) is 0 Å². The summed E-state index contributed by atoms with van der Waals surface area (Å²) in [5, 5.41) is 3.16. The number of H-pyrrole nitrogens is 1. The first-order valence-corrected chi connectivity index (χ1v) is 7.88. The van der Waals surface area contributed by atoms with Gasteiger partial charge in [-0.25, -0.2) is 8.42 Å². The van der Waals surface area contributed by atoms with Crippen molar-refractivity contribution in [2.24, 2.45) is 0 Å². The number of aromatic nitrogens is 1. The molecule has 0 aliphatic rings. The van der Waals surface area contributed by atoms with Gasteiger partial charge in [0.2, 0.25) is 10.0 Å². The molecule has 0 aliphatic carbocycles. The molecule has 5 nitrogen and oxygen atoms in total. The van der Waals surface area contributed by atoms with Crippen LogP contribution in [0.2, 0.25) is 0 Å². The highest BCUT2D eigenvalue weighted by Gasteiger charge is 2.23. The van der Waals surface area contributed by atoms with E-state index >= 15 is 0 Å². The summed E-state index contributed by atoms with van der Waals surface area (Å²) in [5.74, 6) is 0. The SMILES string of the molecule is CCCN(CC)S(=O)(=O)c1c[nH]c(CNCC)c1. The molecule has 0 aliphatic heterocycles. The molecule has 0 fully saturated rings. The third-order valence-electron chi connectivity index (χ3n) is 2.75. The number of rotatable bonds is 8. The number of nitrogens with one attached hydrogen (secondary N) is 2. The van der Waals surface area contributed by atoms with Crippen LogP contribution in [0.3, 0.4) is 0 Å². The van der Waals surface area contributed by atoms with Gasteiger partial charge in [-0.05, 0) is 19.0 Å². The summed E-state index contributed by atoms with van der Waals surface area (Å²) in [4.78, 5) is 3.35. The molecule has 0 spiro atoms. The van der Waals surface area contributed by atoms with Crippen LogP contribution in [0.25, 0.3) is 0 Å². The van der Waals surface area contributed by atoms with E-state index < -0.39 is 10.0 Å². The molecule has 0 bridgehead atoms. The number of nitrogens with zero attached hydrogens (tertiary/aromatic N) is 1. The molecule has 104 valence electrons. The fraction of sp³-hybridized carbons (Fsp3) is 0.667. The monoisotopic (exact) mass is 273 g/mol. The zero-order valence-electron chi connectivity index (χ0n) is 11.4. The van der Waals surface area contributed by atoms with E-state index in [1.54, 1.807) is 12.3 Å². The minimum Gasteiger partial charge on any atom is -0.363 e. The Labute approximate surface area is 110 Å². The summed E-state index contributed by atoms with van der Waals surface area (Å²) in [6, 6.07) is 1.70. The number of sulfonamides is 1. The van der Waals surface area contributed by atoms with Crippen molar-refractivity contribution in [3.05, 3.63) is 18.0 Å². The molecule has 0 saturated heterocycles.